The van der Waals surface area contributed by atoms with E-state index < -0.39 is 10.0 Å². The zero-order valence-corrected chi connectivity index (χ0v) is 14.9. The molecule has 0 unspecified atom stereocenters. The van der Waals surface area contributed by atoms with Crippen LogP contribution < -0.4 is 0 Å². The molecule has 130 valence electrons. The third kappa shape index (κ3) is 3.05. The molecule has 1 aliphatic rings. The number of nitrogens with zero attached hydrogens (tertiary/aromatic N) is 4. The average molecular weight is 356 g/mol. The summed E-state index contributed by atoms with van der Waals surface area (Å²) in [5, 5.41) is 0. The molecule has 2 aromatic heterocycles. The summed E-state index contributed by atoms with van der Waals surface area (Å²) >= 11 is 0. The van der Waals surface area contributed by atoms with Crippen LogP contribution in [0.25, 0.3) is 17.0 Å². The second-order valence-electron chi connectivity index (χ2n) is 6.57. The van der Waals surface area contributed by atoms with Gasteiger partial charge in [-0.25, -0.2) is 18.4 Å². The topological polar surface area (TPSA) is 67.6 Å². The second-order valence-corrected chi connectivity index (χ2v) is 8.51. The lowest BCUT2D eigenvalue weighted by atomic mass is 10.0. The van der Waals surface area contributed by atoms with E-state index >= 15 is 0 Å². The first-order valence-corrected chi connectivity index (χ1v) is 9.88. The second kappa shape index (κ2) is 6.24. The summed E-state index contributed by atoms with van der Waals surface area (Å²) in [5.74, 6) is 1.18. The maximum atomic E-state index is 12.9. The molecule has 0 N–H and O–H groups in total. The Balaban J connectivity index is 1.69. The zero-order valence-electron chi connectivity index (χ0n) is 14.0. The summed E-state index contributed by atoms with van der Waals surface area (Å²) in [5.41, 5.74) is 1.49. The van der Waals surface area contributed by atoms with Crippen molar-refractivity contribution in [2.45, 2.75) is 24.7 Å². The van der Waals surface area contributed by atoms with Gasteiger partial charge in [-0.3, -0.25) is 4.40 Å². The van der Waals surface area contributed by atoms with Crippen molar-refractivity contribution < 1.29 is 8.42 Å². The number of sulfonamides is 1. The Labute approximate surface area is 147 Å². The fourth-order valence-corrected chi connectivity index (χ4v) is 4.68. The van der Waals surface area contributed by atoms with Crippen molar-refractivity contribution >= 4 is 15.8 Å². The lowest BCUT2D eigenvalue weighted by Gasteiger charge is -2.29. The molecule has 0 atom stereocenters. The third-order valence-electron chi connectivity index (χ3n) is 4.75. The quantitative estimate of drug-likeness (QED) is 0.724. The van der Waals surface area contributed by atoms with Gasteiger partial charge >= 0.3 is 0 Å². The largest absolute Gasteiger partial charge is 0.291 e. The number of hydrogen-bond donors (Lipinski definition) is 0. The minimum atomic E-state index is -3.46. The van der Waals surface area contributed by atoms with Gasteiger partial charge in [-0.15, -0.1) is 0 Å². The summed E-state index contributed by atoms with van der Waals surface area (Å²) in [6, 6.07) is 8.84. The smallest absolute Gasteiger partial charge is 0.243 e. The van der Waals surface area contributed by atoms with Gasteiger partial charge in [-0.1, -0.05) is 19.1 Å². The Morgan fingerprint density at radius 3 is 2.72 bits per heavy atom. The highest BCUT2D eigenvalue weighted by Gasteiger charge is 2.28. The molecule has 0 aliphatic carbocycles. The Morgan fingerprint density at radius 1 is 1.16 bits per heavy atom. The lowest BCUT2D eigenvalue weighted by molar-refractivity contribution is 0.288. The minimum absolute atomic E-state index is 0.324. The van der Waals surface area contributed by atoms with Crippen LogP contribution in [-0.4, -0.2) is 40.2 Å². The van der Waals surface area contributed by atoms with Gasteiger partial charge < -0.3 is 0 Å². The van der Waals surface area contributed by atoms with E-state index in [1.54, 1.807) is 28.7 Å². The van der Waals surface area contributed by atoms with E-state index in [1.165, 1.54) is 0 Å². The van der Waals surface area contributed by atoms with Gasteiger partial charge in [0.2, 0.25) is 15.8 Å². The van der Waals surface area contributed by atoms with E-state index in [2.05, 4.69) is 16.9 Å². The Hall–Kier alpha value is -2.25. The van der Waals surface area contributed by atoms with Crippen LogP contribution in [0.4, 0.5) is 0 Å². The van der Waals surface area contributed by atoms with Gasteiger partial charge in [-0.2, -0.15) is 4.31 Å². The first-order valence-electron chi connectivity index (χ1n) is 8.44. The van der Waals surface area contributed by atoms with Gasteiger partial charge in [-0.05, 0) is 37.0 Å². The van der Waals surface area contributed by atoms with E-state index in [1.807, 2.05) is 28.9 Å². The average Bonchev–Trinajstić information content (AvgIpc) is 3.06. The van der Waals surface area contributed by atoms with E-state index in [4.69, 9.17) is 0 Å². The van der Waals surface area contributed by atoms with Crippen LogP contribution in [0.1, 0.15) is 19.8 Å². The monoisotopic (exact) mass is 356 g/mol. The highest BCUT2D eigenvalue weighted by molar-refractivity contribution is 7.89. The summed E-state index contributed by atoms with van der Waals surface area (Å²) in [7, 11) is -3.46. The molecular weight excluding hydrogens is 336 g/mol. The van der Waals surface area contributed by atoms with Crippen molar-refractivity contribution in [3.8, 4) is 11.3 Å². The molecule has 0 radical (unpaired) electrons. The predicted molar refractivity (Wildman–Crippen MR) is 95.6 cm³/mol. The zero-order chi connectivity index (χ0) is 17.4. The van der Waals surface area contributed by atoms with Crippen molar-refractivity contribution in [3.05, 3.63) is 48.9 Å². The molecule has 1 fully saturated rings. The number of aromatic nitrogens is 3. The number of benzene rings is 1. The van der Waals surface area contributed by atoms with Crippen molar-refractivity contribution in [1.29, 1.82) is 0 Å². The first-order chi connectivity index (χ1) is 12.0. The standard InChI is InChI=1S/C18H20N4O2S/c1-14-6-10-22(11-7-14)25(23,24)16-5-2-4-15(12-16)17-13-21-9-3-8-19-18(21)20-17/h2-5,8-9,12-14H,6-7,10-11H2,1H3. The van der Waals surface area contributed by atoms with E-state index in [-0.39, 0.29) is 0 Å². The Morgan fingerprint density at radius 2 is 1.96 bits per heavy atom. The van der Waals surface area contributed by atoms with Crippen molar-refractivity contribution in [2.24, 2.45) is 5.92 Å². The minimum Gasteiger partial charge on any atom is -0.291 e. The van der Waals surface area contributed by atoms with Crippen molar-refractivity contribution in [1.82, 2.24) is 18.7 Å². The van der Waals surface area contributed by atoms with Gasteiger partial charge in [0.25, 0.3) is 0 Å². The molecule has 0 amide bonds. The highest BCUT2D eigenvalue weighted by Crippen LogP contribution is 2.26. The molecule has 0 saturated carbocycles. The van der Waals surface area contributed by atoms with E-state index in [9.17, 15) is 8.42 Å². The molecule has 0 spiro atoms. The highest BCUT2D eigenvalue weighted by atomic mass is 32.2. The summed E-state index contributed by atoms with van der Waals surface area (Å²) in [4.78, 5) is 9.00. The Kier molecular flexibility index (Phi) is 4.05. The molecule has 6 nitrogen and oxygen atoms in total. The molecule has 1 aromatic carbocycles. The number of piperidine rings is 1. The molecule has 3 heterocycles. The number of rotatable bonds is 3. The summed E-state index contributed by atoms with van der Waals surface area (Å²) in [6.07, 6.45) is 7.24. The van der Waals surface area contributed by atoms with E-state index in [0.717, 1.165) is 18.4 Å². The molecule has 7 heteroatoms. The van der Waals surface area contributed by atoms with Crippen molar-refractivity contribution in [2.75, 3.05) is 13.1 Å². The maximum Gasteiger partial charge on any atom is 0.243 e. The molecule has 3 aromatic rings. The molecule has 1 saturated heterocycles. The normalized spacial score (nSPS) is 17.2. The first kappa shape index (κ1) is 16.2. The number of fused-ring (bicyclic) bond motifs is 1. The van der Waals surface area contributed by atoms with Gasteiger partial charge in [0.15, 0.2) is 0 Å². The molecule has 25 heavy (non-hydrogen) atoms. The van der Waals surface area contributed by atoms with Crippen LogP contribution in [0.2, 0.25) is 0 Å². The summed E-state index contributed by atoms with van der Waals surface area (Å²) < 4.78 is 29.3. The van der Waals surface area contributed by atoms with Gasteiger partial charge in [0, 0.05) is 37.2 Å². The van der Waals surface area contributed by atoms with Crippen LogP contribution in [0.3, 0.4) is 0 Å². The SMILES string of the molecule is CC1CCN(S(=O)(=O)c2cccc(-c3cn4cccnc4n3)c2)CC1. The number of hydrogen-bond acceptors (Lipinski definition) is 4. The van der Waals surface area contributed by atoms with Crippen LogP contribution in [0.5, 0.6) is 0 Å². The fourth-order valence-electron chi connectivity index (χ4n) is 3.16. The molecule has 1 aliphatic heterocycles. The fraction of sp³-hybridized carbons (Fsp3) is 0.333. The van der Waals surface area contributed by atoms with Crippen LogP contribution in [-0.2, 0) is 10.0 Å². The third-order valence-corrected chi connectivity index (χ3v) is 6.64. The lowest BCUT2D eigenvalue weighted by Crippen LogP contribution is -2.37. The van der Waals surface area contributed by atoms with Crippen molar-refractivity contribution in [3.63, 3.8) is 0 Å². The van der Waals surface area contributed by atoms with Crippen LogP contribution in [0.15, 0.2) is 53.8 Å². The molecule has 0 bridgehead atoms. The van der Waals surface area contributed by atoms with Crippen LogP contribution >= 0.6 is 0 Å². The predicted octanol–water partition coefficient (Wildman–Crippen LogP) is 2.82. The number of imidazole rings is 1. The Bertz CT molecular complexity index is 972. The molecular formula is C18H20N4O2S. The molecule has 4 rings (SSSR count). The summed E-state index contributed by atoms with van der Waals surface area (Å²) in [6.45, 7) is 3.35. The maximum absolute atomic E-state index is 12.9. The van der Waals surface area contributed by atoms with Crippen LogP contribution in [0, 0.1) is 5.92 Å². The van der Waals surface area contributed by atoms with E-state index in [0.29, 0.717) is 35.4 Å². The van der Waals surface area contributed by atoms with Gasteiger partial charge in [0.05, 0.1) is 10.6 Å². The van der Waals surface area contributed by atoms with Gasteiger partial charge in [0.1, 0.15) is 0 Å².